The fourth-order valence-corrected chi connectivity index (χ4v) is 2.20. The van der Waals surface area contributed by atoms with Crippen LogP contribution in [0, 0.1) is 0 Å². The number of nitrogens with zero attached hydrogens (tertiary/aromatic N) is 2. The van der Waals surface area contributed by atoms with Crippen LogP contribution in [-0.4, -0.2) is 16.1 Å². The summed E-state index contributed by atoms with van der Waals surface area (Å²) in [5.74, 6) is 0.967. The summed E-state index contributed by atoms with van der Waals surface area (Å²) in [6, 6.07) is 6.36. The minimum atomic E-state index is 0. The highest BCUT2D eigenvalue weighted by atomic mass is 35.5. The van der Waals surface area contributed by atoms with Gasteiger partial charge in [-0.25, -0.2) is 4.98 Å². The highest BCUT2D eigenvalue weighted by Gasteiger charge is 2.19. The van der Waals surface area contributed by atoms with Crippen molar-refractivity contribution in [2.75, 3.05) is 17.6 Å². The normalized spacial score (nSPS) is 18.7. The molecule has 0 spiro atoms. The Morgan fingerprint density at radius 3 is 3.12 bits per heavy atom. The van der Waals surface area contributed by atoms with E-state index >= 15 is 0 Å². The van der Waals surface area contributed by atoms with Gasteiger partial charge in [0, 0.05) is 18.3 Å². The number of anilines is 2. The molecule has 1 aromatic carbocycles. The minimum Gasteiger partial charge on any atom is -0.399 e. The summed E-state index contributed by atoms with van der Waals surface area (Å²) in [4.78, 5) is 4.54. The molecule has 0 aliphatic carbocycles. The van der Waals surface area contributed by atoms with E-state index in [2.05, 4.69) is 21.8 Å². The molecule has 4 nitrogen and oxygen atoms in total. The van der Waals surface area contributed by atoms with Gasteiger partial charge in [-0.2, -0.15) is 0 Å². The maximum Gasteiger partial charge on any atom is 0.204 e. The Labute approximate surface area is 100 Å². The molecule has 1 atom stereocenters. The van der Waals surface area contributed by atoms with E-state index in [0.717, 1.165) is 35.6 Å². The van der Waals surface area contributed by atoms with Crippen molar-refractivity contribution in [1.29, 1.82) is 0 Å². The van der Waals surface area contributed by atoms with Gasteiger partial charge in [0.05, 0.1) is 11.0 Å². The standard InChI is InChI=1S/C11H14N4.ClH/c1-7-4-5-13-11-14-9-3-2-8(12)6-10(9)15(7)11;/h2-3,6-7H,4-5,12H2,1H3,(H,13,14);1H. The number of benzene rings is 1. The lowest BCUT2D eigenvalue weighted by atomic mass is 10.2. The first-order valence-electron chi connectivity index (χ1n) is 5.27. The highest BCUT2D eigenvalue weighted by Crippen LogP contribution is 2.30. The number of hydrogen-bond acceptors (Lipinski definition) is 3. The first kappa shape index (κ1) is 11.1. The van der Waals surface area contributed by atoms with Crippen LogP contribution in [0.2, 0.25) is 0 Å². The fraction of sp³-hybridized carbons (Fsp3) is 0.364. The maximum atomic E-state index is 5.80. The molecule has 0 radical (unpaired) electrons. The lowest BCUT2D eigenvalue weighted by molar-refractivity contribution is 0.511. The summed E-state index contributed by atoms with van der Waals surface area (Å²) in [6.07, 6.45) is 1.13. The Morgan fingerprint density at radius 2 is 2.31 bits per heavy atom. The van der Waals surface area contributed by atoms with E-state index < -0.39 is 0 Å². The van der Waals surface area contributed by atoms with Crippen LogP contribution in [0.15, 0.2) is 18.2 Å². The molecule has 1 aliphatic rings. The van der Waals surface area contributed by atoms with E-state index in [1.165, 1.54) is 0 Å². The van der Waals surface area contributed by atoms with E-state index in [-0.39, 0.29) is 12.4 Å². The van der Waals surface area contributed by atoms with Crippen molar-refractivity contribution in [2.45, 2.75) is 19.4 Å². The quantitative estimate of drug-likeness (QED) is 0.693. The lowest BCUT2D eigenvalue weighted by Gasteiger charge is -2.23. The Kier molecular flexibility index (Phi) is 2.68. The van der Waals surface area contributed by atoms with Crippen molar-refractivity contribution in [2.24, 2.45) is 0 Å². The molecule has 0 saturated heterocycles. The number of imidazole rings is 1. The van der Waals surface area contributed by atoms with Gasteiger partial charge in [0.25, 0.3) is 0 Å². The first-order valence-corrected chi connectivity index (χ1v) is 5.27. The third-order valence-electron chi connectivity index (χ3n) is 3.00. The number of fused-ring (bicyclic) bond motifs is 3. The molecule has 1 aliphatic heterocycles. The van der Waals surface area contributed by atoms with Gasteiger partial charge >= 0.3 is 0 Å². The number of nitrogens with one attached hydrogen (secondary N) is 1. The van der Waals surface area contributed by atoms with E-state index in [9.17, 15) is 0 Å². The predicted octanol–water partition coefficient (Wildman–Crippen LogP) is 2.42. The molecule has 0 fully saturated rings. The maximum absolute atomic E-state index is 5.80. The number of hydrogen-bond donors (Lipinski definition) is 2. The molecule has 86 valence electrons. The van der Waals surface area contributed by atoms with Crippen molar-refractivity contribution in [3.63, 3.8) is 0 Å². The van der Waals surface area contributed by atoms with E-state index in [0.29, 0.717) is 6.04 Å². The van der Waals surface area contributed by atoms with Gasteiger partial charge in [0.15, 0.2) is 0 Å². The highest BCUT2D eigenvalue weighted by molar-refractivity contribution is 5.85. The van der Waals surface area contributed by atoms with Gasteiger partial charge in [-0.1, -0.05) is 0 Å². The van der Waals surface area contributed by atoms with Gasteiger partial charge in [-0.05, 0) is 31.5 Å². The van der Waals surface area contributed by atoms with Crippen LogP contribution in [0.1, 0.15) is 19.4 Å². The van der Waals surface area contributed by atoms with Crippen LogP contribution in [0.5, 0.6) is 0 Å². The molecule has 16 heavy (non-hydrogen) atoms. The van der Waals surface area contributed by atoms with Crippen molar-refractivity contribution in [3.05, 3.63) is 18.2 Å². The van der Waals surface area contributed by atoms with Crippen LogP contribution >= 0.6 is 12.4 Å². The molecular formula is C11H15ClN4. The van der Waals surface area contributed by atoms with Crippen molar-refractivity contribution < 1.29 is 0 Å². The number of nitrogen functional groups attached to an aromatic ring is 1. The molecule has 5 heteroatoms. The van der Waals surface area contributed by atoms with Crippen molar-refractivity contribution >= 4 is 35.1 Å². The molecule has 1 unspecified atom stereocenters. The first-order chi connectivity index (χ1) is 7.25. The van der Waals surface area contributed by atoms with Crippen LogP contribution in [0.25, 0.3) is 11.0 Å². The second-order valence-corrected chi connectivity index (χ2v) is 4.12. The average molecular weight is 239 g/mol. The number of halogens is 1. The van der Waals surface area contributed by atoms with Gasteiger partial charge in [-0.15, -0.1) is 12.4 Å². The molecule has 0 saturated carbocycles. The zero-order valence-electron chi connectivity index (χ0n) is 9.10. The molecular weight excluding hydrogens is 224 g/mol. The second kappa shape index (κ2) is 3.87. The zero-order chi connectivity index (χ0) is 10.4. The Balaban J connectivity index is 0.000000963. The molecule has 1 aromatic heterocycles. The summed E-state index contributed by atoms with van der Waals surface area (Å²) in [7, 11) is 0. The van der Waals surface area contributed by atoms with E-state index in [1.807, 2.05) is 18.2 Å². The number of rotatable bonds is 0. The molecule has 0 amide bonds. The van der Waals surface area contributed by atoms with Crippen LogP contribution in [0.4, 0.5) is 11.6 Å². The van der Waals surface area contributed by atoms with Gasteiger partial charge in [0.1, 0.15) is 0 Å². The van der Waals surface area contributed by atoms with Gasteiger partial charge < -0.3 is 15.6 Å². The van der Waals surface area contributed by atoms with Crippen LogP contribution < -0.4 is 11.1 Å². The van der Waals surface area contributed by atoms with Crippen LogP contribution in [0.3, 0.4) is 0 Å². The van der Waals surface area contributed by atoms with Crippen molar-refractivity contribution in [1.82, 2.24) is 9.55 Å². The number of aromatic nitrogens is 2. The van der Waals surface area contributed by atoms with E-state index in [1.54, 1.807) is 0 Å². The minimum absolute atomic E-state index is 0. The third-order valence-corrected chi connectivity index (χ3v) is 3.00. The second-order valence-electron chi connectivity index (χ2n) is 4.12. The molecule has 0 bridgehead atoms. The Morgan fingerprint density at radius 1 is 1.50 bits per heavy atom. The summed E-state index contributed by atoms with van der Waals surface area (Å²) < 4.78 is 2.23. The van der Waals surface area contributed by atoms with E-state index in [4.69, 9.17) is 5.73 Å². The lowest BCUT2D eigenvalue weighted by Crippen LogP contribution is -2.20. The molecule has 3 N–H and O–H groups in total. The molecule has 2 aromatic rings. The summed E-state index contributed by atoms with van der Waals surface area (Å²) in [5.41, 5.74) is 8.74. The molecule has 3 rings (SSSR count). The molecule has 2 heterocycles. The smallest absolute Gasteiger partial charge is 0.204 e. The monoisotopic (exact) mass is 238 g/mol. The SMILES string of the molecule is CC1CCNc2nc3ccc(N)cc3n21.Cl. The fourth-order valence-electron chi connectivity index (χ4n) is 2.20. The van der Waals surface area contributed by atoms with Gasteiger partial charge in [-0.3, -0.25) is 0 Å². The summed E-state index contributed by atoms with van der Waals surface area (Å²) in [5, 5.41) is 3.31. The zero-order valence-corrected chi connectivity index (χ0v) is 9.92. The third kappa shape index (κ3) is 1.50. The summed E-state index contributed by atoms with van der Waals surface area (Å²) >= 11 is 0. The van der Waals surface area contributed by atoms with Gasteiger partial charge in [0.2, 0.25) is 5.95 Å². The predicted molar refractivity (Wildman–Crippen MR) is 69.2 cm³/mol. The summed E-state index contributed by atoms with van der Waals surface area (Å²) in [6.45, 7) is 3.22. The topological polar surface area (TPSA) is 55.9 Å². The number of nitrogens with two attached hydrogens (primary N) is 1. The Hall–Kier alpha value is -1.42. The largest absolute Gasteiger partial charge is 0.399 e. The van der Waals surface area contributed by atoms with Crippen LogP contribution in [-0.2, 0) is 0 Å². The Bertz CT molecular complexity index is 520. The van der Waals surface area contributed by atoms with Crippen molar-refractivity contribution in [3.8, 4) is 0 Å². The average Bonchev–Trinajstić information content (AvgIpc) is 2.57.